The monoisotopic (exact) mass is 440 g/mol. The Morgan fingerprint density at radius 2 is 1.71 bits per heavy atom. The van der Waals surface area contributed by atoms with Crippen molar-refractivity contribution in [2.75, 3.05) is 13.1 Å². The van der Waals surface area contributed by atoms with Crippen LogP contribution in [0.2, 0.25) is 0 Å². The average Bonchev–Trinajstić information content (AvgIpc) is 3.10. The van der Waals surface area contributed by atoms with Gasteiger partial charge in [-0.2, -0.15) is 4.31 Å². The molecule has 0 bridgehead atoms. The molecule has 162 valence electrons. The summed E-state index contributed by atoms with van der Waals surface area (Å²) < 4.78 is 38.0. The Bertz CT molecular complexity index is 1130. The lowest BCUT2D eigenvalue weighted by Gasteiger charge is -2.20. The van der Waals surface area contributed by atoms with Crippen LogP contribution in [-0.2, 0) is 21.4 Å². The van der Waals surface area contributed by atoms with E-state index in [4.69, 9.17) is 9.26 Å². The first-order chi connectivity index (χ1) is 15.0. The summed E-state index contributed by atoms with van der Waals surface area (Å²) in [4.78, 5) is 12.6. The first-order valence-corrected chi connectivity index (χ1v) is 11.8. The molecule has 0 N–H and O–H groups in total. The van der Waals surface area contributed by atoms with Gasteiger partial charge in [0.1, 0.15) is 5.69 Å². The van der Waals surface area contributed by atoms with Crippen LogP contribution in [0.15, 0.2) is 70.1 Å². The number of aromatic nitrogens is 1. The minimum absolute atomic E-state index is 0.0955. The van der Waals surface area contributed by atoms with Crippen molar-refractivity contribution in [1.29, 1.82) is 0 Å². The number of benzene rings is 2. The molecule has 1 fully saturated rings. The minimum atomic E-state index is -3.64. The summed E-state index contributed by atoms with van der Waals surface area (Å²) in [5.41, 5.74) is 1.73. The number of sulfonamides is 1. The van der Waals surface area contributed by atoms with E-state index in [9.17, 15) is 13.2 Å². The number of nitrogens with zero attached hydrogens (tertiary/aromatic N) is 2. The van der Waals surface area contributed by atoms with Gasteiger partial charge in [0.05, 0.1) is 10.5 Å². The molecular formula is C23H24N2O5S. The van der Waals surface area contributed by atoms with Crippen LogP contribution in [0.4, 0.5) is 0 Å². The first kappa shape index (κ1) is 21.3. The molecule has 1 aliphatic rings. The van der Waals surface area contributed by atoms with Crippen LogP contribution in [0.1, 0.15) is 41.8 Å². The normalized spacial score (nSPS) is 15.4. The zero-order valence-corrected chi connectivity index (χ0v) is 17.9. The Balaban J connectivity index is 1.43. The van der Waals surface area contributed by atoms with Crippen molar-refractivity contribution in [3.63, 3.8) is 0 Å². The van der Waals surface area contributed by atoms with Crippen LogP contribution in [-0.4, -0.2) is 36.9 Å². The maximum absolute atomic E-state index is 13.0. The van der Waals surface area contributed by atoms with Gasteiger partial charge < -0.3 is 9.26 Å². The standard InChI is InChI=1S/C23H24N2O5S/c26-23(29-17-20-16-22(24-30-20)18-9-4-3-5-10-18)19-11-8-12-21(15-19)31(27,28)25-13-6-1-2-7-14-25/h3-5,8-12,15-16H,1-2,6-7,13-14,17H2. The Morgan fingerprint density at radius 3 is 2.45 bits per heavy atom. The van der Waals surface area contributed by atoms with E-state index >= 15 is 0 Å². The van der Waals surface area contributed by atoms with Crippen molar-refractivity contribution in [1.82, 2.24) is 9.46 Å². The molecule has 7 nitrogen and oxygen atoms in total. The van der Waals surface area contributed by atoms with Gasteiger partial charge in [-0.15, -0.1) is 0 Å². The van der Waals surface area contributed by atoms with E-state index < -0.39 is 16.0 Å². The third-order valence-corrected chi connectivity index (χ3v) is 7.14. The van der Waals surface area contributed by atoms with Crippen LogP contribution >= 0.6 is 0 Å². The van der Waals surface area contributed by atoms with E-state index in [-0.39, 0.29) is 17.1 Å². The smallest absolute Gasteiger partial charge is 0.338 e. The van der Waals surface area contributed by atoms with Crippen molar-refractivity contribution in [3.05, 3.63) is 72.0 Å². The fraction of sp³-hybridized carbons (Fsp3) is 0.304. The largest absolute Gasteiger partial charge is 0.454 e. The van der Waals surface area contributed by atoms with Gasteiger partial charge in [0.15, 0.2) is 12.4 Å². The van der Waals surface area contributed by atoms with Crippen LogP contribution in [0.5, 0.6) is 0 Å². The molecule has 31 heavy (non-hydrogen) atoms. The van der Waals surface area contributed by atoms with Gasteiger partial charge in [0, 0.05) is 24.7 Å². The Hall–Kier alpha value is -2.97. The first-order valence-electron chi connectivity index (χ1n) is 10.3. The SMILES string of the molecule is O=C(OCc1cc(-c2ccccc2)no1)c1cccc(S(=O)(=O)N2CCCCCC2)c1. The molecule has 0 aliphatic carbocycles. The summed E-state index contributed by atoms with van der Waals surface area (Å²) in [6, 6.07) is 17.2. The Kier molecular flexibility index (Phi) is 6.48. The summed E-state index contributed by atoms with van der Waals surface area (Å²) >= 11 is 0. The number of carbonyl (C=O) groups excluding carboxylic acids is 1. The van der Waals surface area contributed by atoms with Gasteiger partial charge in [0.2, 0.25) is 10.0 Å². The quantitative estimate of drug-likeness (QED) is 0.532. The Morgan fingerprint density at radius 1 is 0.968 bits per heavy atom. The fourth-order valence-electron chi connectivity index (χ4n) is 3.56. The van der Waals surface area contributed by atoms with Gasteiger partial charge in [0.25, 0.3) is 0 Å². The number of rotatable bonds is 6. The highest BCUT2D eigenvalue weighted by Crippen LogP contribution is 2.22. The van der Waals surface area contributed by atoms with E-state index in [1.807, 2.05) is 30.3 Å². The fourth-order valence-corrected chi connectivity index (χ4v) is 5.12. The van der Waals surface area contributed by atoms with Crippen LogP contribution in [0.3, 0.4) is 0 Å². The molecule has 8 heteroatoms. The van der Waals surface area contributed by atoms with Crippen LogP contribution < -0.4 is 0 Å². The van der Waals surface area contributed by atoms with Gasteiger partial charge in [-0.1, -0.05) is 54.4 Å². The molecular weight excluding hydrogens is 416 g/mol. The topological polar surface area (TPSA) is 89.7 Å². The van der Waals surface area contributed by atoms with Crippen molar-refractivity contribution in [3.8, 4) is 11.3 Å². The van der Waals surface area contributed by atoms with Gasteiger partial charge in [-0.05, 0) is 31.0 Å². The van der Waals surface area contributed by atoms with Gasteiger partial charge >= 0.3 is 5.97 Å². The molecule has 3 aromatic rings. The summed E-state index contributed by atoms with van der Waals surface area (Å²) in [6.45, 7) is 0.917. The second kappa shape index (κ2) is 9.45. The highest BCUT2D eigenvalue weighted by molar-refractivity contribution is 7.89. The van der Waals surface area contributed by atoms with Crippen LogP contribution in [0, 0.1) is 0 Å². The summed E-state index contributed by atoms with van der Waals surface area (Å²) in [7, 11) is -3.64. The van der Waals surface area contributed by atoms with Crippen molar-refractivity contribution in [2.45, 2.75) is 37.2 Å². The van der Waals surface area contributed by atoms with E-state index in [1.54, 1.807) is 18.2 Å². The molecule has 0 radical (unpaired) electrons. The van der Waals surface area contributed by atoms with Crippen molar-refractivity contribution < 1.29 is 22.5 Å². The van der Waals surface area contributed by atoms with E-state index in [2.05, 4.69) is 5.16 Å². The molecule has 2 heterocycles. The second-order valence-corrected chi connectivity index (χ2v) is 9.40. The number of hydrogen-bond donors (Lipinski definition) is 0. The number of ether oxygens (including phenoxy) is 1. The molecule has 0 atom stereocenters. The highest BCUT2D eigenvalue weighted by atomic mass is 32.2. The zero-order chi connectivity index (χ0) is 21.7. The molecule has 1 aliphatic heterocycles. The third kappa shape index (κ3) is 5.03. The van der Waals surface area contributed by atoms with Crippen LogP contribution in [0.25, 0.3) is 11.3 Å². The molecule has 1 aromatic heterocycles. The maximum Gasteiger partial charge on any atom is 0.338 e. The lowest BCUT2D eigenvalue weighted by atomic mass is 10.1. The second-order valence-electron chi connectivity index (χ2n) is 7.47. The molecule has 2 aromatic carbocycles. The lowest BCUT2D eigenvalue weighted by molar-refractivity contribution is 0.0437. The van der Waals surface area contributed by atoms with E-state index in [1.165, 1.54) is 16.4 Å². The van der Waals surface area contributed by atoms with Crippen molar-refractivity contribution >= 4 is 16.0 Å². The molecule has 0 amide bonds. The summed E-state index contributed by atoms with van der Waals surface area (Å²) in [5, 5.41) is 3.99. The van der Waals surface area contributed by atoms with E-state index in [0.29, 0.717) is 24.5 Å². The summed E-state index contributed by atoms with van der Waals surface area (Å²) in [5.74, 6) is -0.217. The number of hydrogen-bond acceptors (Lipinski definition) is 6. The van der Waals surface area contributed by atoms with Crippen molar-refractivity contribution in [2.24, 2.45) is 0 Å². The van der Waals surface area contributed by atoms with E-state index in [0.717, 1.165) is 31.2 Å². The number of carbonyl (C=O) groups is 1. The molecule has 0 unspecified atom stereocenters. The lowest BCUT2D eigenvalue weighted by Crippen LogP contribution is -2.32. The average molecular weight is 441 g/mol. The zero-order valence-electron chi connectivity index (χ0n) is 17.1. The Labute approximate surface area is 181 Å². The highest BCUT2D eigenvalue weighted by Gasteiger charge is 2.26. The maximum atomic E-state index is 13.0. The van der Waals surface area contributed by atoms with Gasteiger partial charge in [-0.25, -0.2) is 13.2 Å². The summed E-state index contributed by atoms with van der Waals surface area (Å²) in [6.07, 6.45) is 3.77. The molecule has 0 saturated carbocycles. The molecule has 4 rings (SSSR count). The predicted molar refractivity (Wildman–Crippen MR) is 115 cm³/mol. The predicted octanol–water partition coefficient (Wildman–Crippen LogP) is 4.26. The molecule has 1 saturated heterocycles. The van der Waals surface area contributed by atoms with Gasteiger partial charge in [-0.3, -0.25) is 0 Å². The molecule has 0 spiro atoms. The minimum Gasteiger partial charge on any atom is -0.454 e. The third-order valence-electron chi connectivity index (χ3n) is 5.25. The number of esters is 1.